The average Bonchev–Trinajstić information content (AvgIpc) is 2.61. The van der Waals surface area contributed by atoms with Crippen molar-refractivity contribution in [3.05, 3.63) is 11.6 Å². The van der Waals surface area contributed by atoms with E-state index in [2.05, 4.69) is 25.6 Å². The van der Waals surface area contributed by atoms with Gasteiger partial charge in [0.2, 0.25) is 0 Å². The molecule has 0 spiro atoms. The lowest BCUT2D eigenvalue weighted by atomic mass is 9.53. The molecule has 0 aromatic heterocycles. The summed E-state index contributed by atoms with van der Waals surface area (Å²) in [6.45, 7) is 11.0. The molecule has 2 rings (SSSR count). The number of aliphatic hydroxyl groups is 2. The predicted octanol–water partition coefficient (Wildman–Crippen LogP) is 3.05. The zero-order chi connectivity index (χ0) is 21.1. The molecule has 0 unspecified atom stereocenters. The van der Waals surface area contributed by atoms with Crippen LogP contribution in [0.5, 0.6) is 0 Å². The number of rotatable bonds is 7. The highest BCUT2D eigenvalue weighted by Crippen LogP contribution is 2.54. The van der Waals surface area contributed by atoms with Crippen LogP contribution in [0.25, 0.3) is 0 Å². The van der Waals surface area contributed by atoms with Crippen molar-refractivity contribution in [2.24, 2.45) is 29.1 Å². The van der Waals surface area contributed by atoms with E-state index in [9.17, 15) is 15.0 Å². The van der Waals surface area contributed by atoms with Gasteiger partial charge in [-0.05, 0) is 38.7 Å². The molecule has 2 aliphatic carbocycles. The van der Waals surface area contributed by atoms with Crippen molar-refractivity contribution in [1.29, 1.82) is 0 Å². The third kappa shape index (κ3) is 4.71. The second-order valence-corrected chi connectivity index (χ2v) is 15.4. The first-order valence-electron chi connectivity index (χ1n) is 10.2. The highest BCUT2D eigenvalue weighted by atomic mass is 28.3. The number of ether oxygens (including phenoxy) is 2. The van der Waals surface area contributed by atoms with Gasteiger partial charge in [0.15, 0.2) is 6.79 Å². The molecule has 0 aromatic carbocycles. The molecule has 5 nitrogen and oxygen atoms in total. The van der Waals surface area contributed by atoms with Crippen LogP contribution in [0.2, 0.25) is 25.7 Å². The van der Waals surface area contributed by atoms with E-state index in [-0.39, 0.29) is 43.0 Å². The molecule has 0 heterocycles. The summed E-state index contributed by atoms with van der Waals surface area (Å²) in [5.74, 6) is 1.55. The molecule has 1 fully saturated rings. The van der Waals surface area contributed by atoms with Crippen molar-refractivity contribution in [2.45, 2.75) is 58.5 Å². The molecule has 2 N–H and O–H groups in total. The van der Waals surface area contributed by atoms with Crippen LogP contribution < -0.4 is 0 Å². The minimum atomic E-state index is -1.20. The van der Waals surface area contributed by atoms with Crippen molar-refractivity contribution < 1.29 is 24.5 Å². The Kier molecular flexibility index (Phi) is 7.54. The average molecular weight is 409 g/mol. The highest BCUT2D eigenvalue weighted by molar-refractivity contribution is 6.76. The van der Waals surface area contributed by atoms with Gasteiger partial charge in [-0.25, -0.2) is 0 Å². The topological polar surface area (TPSA) is 76.0 Å². The van der Waals surface area contributed by atoms with Crippen LogP contribution in [0, 0.1) is 41.4 Å². The van der Waals surface area contributed by atoms with Crippen LogP contribution in [0.4, 0.5) is 0 Å². The van der Waals surface area contributed by atoms with E-state index >= 15 is 0 Å². The van der Waals surface area contributed by atoms with Gasteiger partial charge in [0.1, 0.15) is 0 Å². The molecule has 0 aliphatic heterocycles. The number of hydrogen-bond acceptors (Lipinski definition) is 5. The van der Waals surface area contributed by atoms with E-state index < -0.39 is 19.6 Å². The second kappa shape index (κ2) is 9.13. The number of fused-ring (bicyclic) bond motifs is 1. The van der Waals surface area contributed by atoms with Crippen LogP contribution in [0.3, 0.4) is 0 Å². The fourth-order valence-corrected chi connectivity index (χ4v) is 5.53. The maximum absolute atomic E-state index is 13.2. The maximum atomic E-state index is 13.2. The van der Waals surface area contributed by atoms with Crippen molar-refractivity contribution in [2.75, 3.05) is 20.0 Å². The Morgan fingerprint density at radius 3 is 2.64 bits per heavy atom. The fourth-order valence-electron chi connectivity index (χ4n) is 4.77. The molecule has 28 heavy (non-hydrogen) atoms. The lowest BCUT2D eigenvalue weighted by molar-refractivity contribution is -0.179. The largest absolute Gasteiger partial charge is 0.438 e. The van der Waals surface area contributed by atoms with Crippen molar-refractivity contribution >= 4 is 14.0 Å². The van der Waals surface area contributed by atoms with Gasteiger partial charge in [0.25, 0.3) is 0 Å². The second-order valence-electron chi connectivity index (χ2n) is 9.76. The van der Waals surface area contributed by atoms with E-state index in [4.69, 9.17) is 15.9 Å². The van der Waals surface area contributed by atoms with Gasteiger partial charge >= 0.3 is 5.97 Å². The van der Waals surface area contributed by atoms with E-state index in [1.807, 2.05) is 19.9 Å². The van der Waals surface area contributed by atoms with Crippen LogP contribution in [-0.2, 0) is 14.3 Å². The summed E-state index contributed by atoms with van der Waals surface area (Å²) in [6, 6.07) is 1.01. The summed E-state index contributed by atoms with van der Waals surface area (Å²) in [4.78, 5) is 13.2. The van der Waals surface area contributed by atoms with E-state index in [0.29, 0.717) is 13.0 Å². The summed E-state index contributed by atoms with van der Waals surface area (Å²) < 4.78 is 11.1. The van der Waals surface area contributed by atoms with Crippen LogP contribution in [-0.4, -0.2) is 50.4 Å². The van der Waals surface area contributed by atoms with E-state index in [1.165, 1.54) is 0 Å². The molecule has 2 aliphatic rings. The zero-order valence-electron chi connectivity index (χ0n) is 17.9. The maximum Gasteiger partial charge on any atom is 0.315 e. The molecule has 6 heteroatoms. The fraction of sp³-hybridized carbons (Fsp3) is 0.773. The van der Waals surface area contributed by atoms with Gasteiger partial charge in [0.05, 0.1) is 17.4 Å². The molecule has 158 valence electrons. The summed E-state index contributed by atoms with van der Waals surface area (Å²) >= 11 is 0. The van der Waals surface area contributed by atoms with Crippen molar-refractivity contribution in [3.63, 3.8) is 0 Å². The quantitative estimate of drug-likeness (QED) is 0.169. The molecular formula is C22H36O5Si. The SMILES string of the molecule is C#C[C@H]1C(C)=C[C@H]2[C@H](O)[C@@H](CO)CC[C@@H]2[C@@]1(C)C(=O)OCOCC[Si](C)(C)C. The van der Waals surface area contributed by atoms with Gasteiger partial charge < -0.3 is 19.7 Å². The lowest BCUT2D eigenvalue weighted by Crippen LogP contribution is -2.54. The summed E-state index contributed by atoms with van der Waals surface area (Å²) in [7, 11) is -1.20. The Morgan fingerprint density at radius 2 is 2.07 bits per heavy atom. The minimum Gasteiger partial charge on any atom is -0.438 e. The summed E-state index contributed by atoms with van der Waals surface area (Å²) in [5, 5.41) is 20.3. The Balaban J connectivity index is 2.14. The summed E-state index contributed by atoms with van der Waals surface area (Å²) in [5.41, 5.74) is -0.0117. The molecule has 6 atom stereocenters. The molecule has 0 bridgehead atoms. The zero-order valence-corrected chi connectivity index (χ0v) is 18.9. The standard InChI is InChI=1S/C22H36O5Si/c1-7-18-15(2)12-17-19(9-8-16(13-23)20(17)24)22(18,3)21(25)27-14-26-10-11-28(4,5)6/h1,12,16-20,23-24H,8-11,13-14H2,2-6H3/t16-,17-,18+,19+,20-,22+/m1/s1. The van der Waals surface area contributed by atoms with Gasteiger partial charge in [0, 0.05) is 33.1 Å². The Hall–Kier alpha value is -1.13. The number of allylic oxidation sites excluding steroid dienone is 1. The number of aliphatic hydroxyl groups excluding tert-OH is 2. The number of carbonyl (C=O) groups is 1. The summed E-state index contributed by atoms with van der Waals surface area (Å²) in [6.07, 6.45) is 8.52. The minimum absolute atomic E-state index is 0.0536. The molecular weight excluding hydrogens is 372 g/mol. The van der Waals surface area contributed by atoms with Crippen LogP contribution in [0.15, 0.2) is 11.6 Å². The number of carbonyl (C=O) groups excluding carboxylic acids is 1. The van der Waals surface area contributed by atoms with E-state index in [0.717, 1.165) is 18.0 Å². The molecule has 1 saturated carbocycles. The third-order valence-electron chi connectivity index (χ3n) is 6.58. The molecule has 0 amide bonds. The van der Waals surface area contributed by atoms with Crippen LogP contribution in [0.1, 0.15) is 26.7 Å². The Morgan fingerprint density at radius 1 is 1.39 bits per heavy atom. The van der Waals surface area contributed by atoms with Crippen molar-refractivity contribution in [1.82, 2.24) is 0 Å². The lowest BCUT2D eigenvalue weighted by Gasteiger charge is -2.51. The Bertz CT molecular complexity index is 632. The Labute approximate surface area is 170 Å². The third-order valence-corrected chi connectivity index (χ3v) is 8.29. The van der Waals surface area contributed by atoms with Gasteiger partial charge in [-0.3, -0.25) is 4.79 Å². The smallest absolute Gasteiger partial charge is 0.315 e. The van der Waals surface area contributed by atoms with Gasteiger partial charge in [-0.2, -0.15) is 0 Å². The van der Waals surface area contributed by atoms with Gasteiger partial charge in [-0.15, -0.1) is 6.42 Å². The number of terminal acetylenes is 1. The van der Waals surface area contributed by atoms with E-state index in [1.54, 1.807) is 0 Å². The first-order valence-corrected chi connectivity index (χ1v) is 13.9. The van der Waals surface area contributed by atoms with Crippen LogP contribution >= 0.6 is 0 Å². The first kappa shape index (κ1) is 23.1. The molecule has 0 radical (unpaired) electrons. The normalized spacial score (nSPS) is 35.5. The first-order chi connectivity index (χ1) is 13.1. The van der Waals surface area contributed by atoms with Crippen molar-refractivity contribution in [3.8, 4) is 12.3 Å². The number of hydrogen-bond donors (Lipinski definition) is 2. The number of esters is 1. The molecule has 0 saturated heterocycles. The van der Waals surface area contributed by atoms with Gasteiger partial charge in [-0.1, -0.05) is 37.2 Å². The monoisotopic (exact) mass is 408 g/mol. The molecule has 0 aromatic rings. The highest BCUT2D eigenvalue weighted by Gasteiger charge is 2.57. The predicted molar refractivity (Wildman–Crippen MR) is 112 cm³/mol.